The summed E-state index contributed by atoms with van der Waals surface area (Å²) >= 11 is 1.76. The number of likely N-dealkylation sites (tertiary alicyclic amines) is 1. The fraction of sp³-hybridized carbons (Fsp3) is 0.524. The van der Waals surface area contributed by atoms with Gasteiger partial charge in [-0.25, -0.2) is 4.98 Å². The Morgan fingerprint density at radius 3 is 2.69 bits per heavy atom. The highest BCUT2D eigenvalue weighted by Gasteiger charge is 2.21. The molecule has 26 heavy (non-hydrogen) atoms. The second-order valence-corrected chi connectivity index (χ2v) is 8.02. The van der Waals surface area contributed by atoms with Crippen LogP contribution in [0.1, 0.15) is 35.5 Å². The fourth-order valence-electron chi connectivity index (χ4n) is 3.59. The van der Waals surface area contributed by atoms with Crippen molar-refractivity contribution >= 4 is 17.3 Å². The summed E-state index contributed by atoms with van der Waals surface area (Å²) in [5.74, 6) is 1.85. The summed E-state index contributed by atoms with van der Waals surface area (Å²) < 4.78 is 0. The number of rotatable bonds is 6. The predicted octanol–water partition coefficient (Wildman–Crippen LogP) is 3.91. The summed E-state index contributed by atoms with van der Waals surface area (Å²) in [7, 11) is 1.89. The molecule has 0 unspecified atom stereocenters. The van der Waals surface area contributed by atoms with Gasteiger partial charge < -0.3 is 10.2 Å². The lowest BCUT2D eigenvalue weighted by atomic mass is 9.90. The lowest BCUT2D eigenvalue weighted by Crippen LogP contribution is -2.46. The number of aryl methyl sites for hydroxylation is 2. The van der Waals surface area contributed by atoms with Crippen LogP contribution in [0, 0.1) is 12.8 Å². The lowest BCUT2D eigenvalue weighted by Gasteiger charge is -2.34. The van der Waals surface area contributed by atoms with Gasteiger partial charge in [0.25, 0.3) is 0 Å². The molecule has 1 N–H and O–H groups in total. The van der Waals surface area contributed by atoms with E-state index in [0.717, 1.165) is 50.0 Å². The van der Waals surface area contributed by atoms with E-state index in [0.29, 0.717) is 0 Å². The molecule has 1 aliphatic rings. The Morgan fingerprint density at radius 1 is 1.27 bits per heavy atom. The highest BCUT2D eigenvalue weighted by molar-refractivity contribution is 7.09. The number of piperidine rings is 1. The van der Waals surface area contributed by atoms with Crippen LogP contribution < -0.4 is 5.32 Å². The van der Waals surface area contributed by atoms with E-state index in [9.17, 15) is 0 Å². The van der Waals surface area contributed by atoms with Gasteiger partial charge in [-0.2, -0.15) is 0 Å². The van der Waals surface area contributed by atoms with E-state index in [1.165, 1.54) is 29.8 Å². The van der Waals surface area contributed by atoms with E-state index < -0.39 is 0 Å². The lowest BCUT2D eigenvalue weighted by molar-refractivity contribution is 0.259. The van der Waals surface area contributed by atoms with Crippen molar-refractivity contribution < 1.29 is 0 Å². The van der Waals surface area contributed by atoms with Crippen LogP contribution in [0.5, 0.6) is 0 Å². The van der Waals surface area contributed by atoms with Crippen molar-refractivity contribution in [3.05, 3.63) is 52.0 Å². The number of guanidine groups is 1. The van der Waals surface area contributed by atoms with Crippen LogP contribution in [0.3, 0.4) is 0 Å². The molecule has 1 fully saturated rings. The molecule has 2 aromatic rings. The zero-order chi connectivity index (χ0) is 18.2. The zero-order valence-corrected chi connectivity index (χ0v) is 16.8. The van der Waals surface area contributed by atoms with Gasteiger partial charge in [0.1, 0.15) is 0 Å². The summed E-state index contributed by atoms with van der Waals surface area (Å²) in [4.78, 5) is 11.4. The standard InChI is InChI=1S/C21H30N4S/c1-17-16-26-20(24-17)9-6-12-23-21(22-2)25-13-10-19(11-14-25)15-18-7-4-3-5-8-18/h3-5,7-8,16,19H,6,9-15H2,1-2H3,(H,22,23). The quantitative estimate of drug-likeness (QED) is 0.476. The van der Waals surface area contributed by atoms with Crippen molar-refractivity contribution in [2.75, 3.05) is 26.7 Å². The first-order valence-corrected chi connectivity index (χ1v) is 10.5. The summed E-state index contributed by atoms with van der Waals surface area (Å²) in [6.45, 7) is 5.21. The summed E-state index contributed by atoms with van der Waals surface area (Å²) in [6.07, 6.45) is 5.83. The summed E-state index contributed by atoms with van der Waals surface area (Å²) in [6, 6.07) is 10.9. The molecule has 5 heteroatoms. The van der Waals surface area contributed by atoms with Crippen LogP contribution >= 0.6 is 11.3 Å². The molecule has 0 atom stereocenters. The molecule has 0 saturated carbocycles. The number of hydrogen-bond acceptors (Lipinski definition) is 3. The van der Waals surface area contributed by atoms with Crippen LogP contribution in [0.25, 0.3) is 0 Å². The predicted molar refractivity (Wildman–Crippen MR) is 111 cm³/mol. The molecule has 0 aliphatic carbocycles. The van der Waals surface area contributed by atoms with E-state index in [4.69, 9.17) is 0 Å². The number of thiazole rings is 1. The Hall–Kier alpha value is -1.88. The van der Waals surface area contributed by atoms with E-state index in [2.05, 4.69) is 62.8 Å². The highest BCUT2D eigenvalue weighted by atomic mass is 32.1. The van der Waals surface area contributed by atoms with Gasteiger partial charge in [-0.3, -0.25) is 4.99 Å². The molecule has 1 aliphatic heterocycles. The average molecular weight is 371 g/mol. The van der Waals surface area contributed by atoms with Gasteiger partial charge in [0, 0.05) is 44.2 Å². The molecule has 4 nitrogen and oxygen atoms in total. The minimum absolute atomic E-state index is 0.792. The SMILES string of the molecule is CN=C(NCCCc1nc(C)cs1)N1CCC(Cc2ccccc2)CC1. The molecule has 0 spiro atoms. The van der Waals surface area contributed by atoms with Crippen LogP contribution in [0.2, 0.25) is 0 Å². The molecule has 140 valence electrons. The van der Waals surface area contributed by atoms with Crippen molar-refractivity contribution in [2.45, 2.75) is 39.0 Å². The first-order valence-electron chi connectivity index (χ1n) is 9.65. The molecule has 3 rings (SSSR count). The van der Waals surface area contributed by atoms with Crippen LogP contribution in [0.15, 0.2) is 40.7 Å². The Morgan fingerprint density at radius 2 is 2.04 bits per heavy atom. The third kappa shape index (κ3) is 5.56. The molecule has 0 bridgehead atoms. The molecule has 1 aromatic carbocycles. The van der Waals surface area contributed by atoms with Gasteiger partial charge in [-0.15, -0.1) is 11.3 Å². The van der Waals surface area contributed by atoms with Crippen molar-refractivity contribution in [3.8, 4) is 0 Å². The fourth-order valence-corrected chi connectivity index (χ4v) is 4.40. The van der Waals surface area contributed by atoms with Crippen LogP contribution in [-0.2, 0) is 12.8 Å². The Bertz CT molecular complexity index is 687. The van der Waals surface area contributed by atoms with E-state index in [-0.39, 0.29) is 0 Å². The van der Waals surface area contributed by atoms with Crippen molar-refractivity contribution in [1.82, 2.24) is 15.2 Å². The molecule has 1 saturated heterocycles. The van der Waals surface area contributed by atoms with Crippen molar-refractivity contribution in [2.24, 2.45) is 10.9 Å². The summed E-state index contributed by atoms with van der Waals surface area (Å²) in [5.41, 5.74) is 2.60. The third-order valence-electron chi connectivity index (χ3n) is 5.01. The van der Waals surface area contributed by atoms with Crippen LogP contribution in [-0.4, -0.2) is 42.5 Å². The van der Waals surface area contributed by atoms with Gasteiger partial charge in [0.2, 0.25) is 0 Å². The minimum atomic E-state index is 0.792. The minimum Gasteiger partial charge on any atom is -0.356 e. The molecule has 0 radical (unpaired) electrons. The van der Waals surface area contributed by atoms with Crippen LogP contribution in [0.4, 0.5) is 0 Å². The van der Waals surface area contributed by atoms with Gasteiger partial charge in [-0.05, 0) is 44.1 Å². The zero-order valence-electron chi connectivity index (χ0n) is 15.9. The van der Waals surface area contributed by atoms with Crippen molar-refractivity contribution in [1.29, 1.82) is 0 Å². The monoisotopic (exact) mass is 370 g/mol. The van der Waals surface area contributed by atoms with E-state index >= 15 is 0 Å². The Balaban J connectivity index is 1.38. The van der Waals surface area contributed by atoms with E-state index in [1.807, 2.05) is 7.05 Å². The third-order valence-corrected chi connectivity index (χ3v) is 6.04. The Kier molecular flexibility index (Phi) is 7.06. The normalized spacial score (nSPS) is 16.1. The Labute approximate surface area is 161 Å². The molecule has 0 amide bonds. The smallest absolute Gasteiger partial charge is 0.193 e. The number of nitrogens with zero attached hydrogens (tertiary/aromatic N) is 3. The summed E-state index contributed by atoms with van der Waals surface area (Å²) in [5, 5.41) is 6.90. The molecular weight excluding hydrogens is 340 g/mol. The maximum atomic E-state index is 4.53. The number of hydrogen-bond donors (Lipinski definition) is 1. The maximum Gasteiger partial charge on any atom is 0.193 e. The first-order chi connectivity index (χ1) is 12.7. The number of aromatic nitrogens is 1. The number of benzene rings is 1. The van der Waals surface area contributed by atoms with Gasteiger partial charge >= 0.3 is 0 Å². The van der Waals surface area contributed by atoms with Gasteiger partial charge in [0.05, 0.1) is 5.01 Å². The largest absolute Gasteiger partial charge is 0.356 e. The maximum absolute atomic E-state index is 4.53. The molecule has 1 aromatic heterocycles. The number of nitrogens with one attached hydrogen (secondary N) is 1. The topological polar surface area (TPSA) is 40.5 Å². The number of aliphatic imine (C=N–C) groups is 1. The second kappa shape index (κ2) is 9.72. The van der Waals surface area contributed by atoms with E-state index in [1.54, 1.807) is 11.3 Å². The average Bonchev–Trinajstić information content (AvgIpc) is 3.09. The van der Waals surface area contributed by atoms with Gasteiger partial charge in [0.15, 0.2) is 5.96 Å². The first kappa shape index (κ1) is 18.9. The van der Waals surface area contributed by atoms with Gasteiger partial charge in [-0.1, -0.05) is 30.3 Å². The molecular formula is C21H30N4S. The molecule has 2 heterocycles. The highest BCUT2D eigenvalue weighted by Crippen LogP contribution is 2.21. The second-order valence-electron chi connectivity index (χ2n) is 7.08. The van der Waals surface area contributed by atoms with Crippen molar-refractivity contribution in [3.63, 3.8) is 0 Å².